The van der Waals surface area contributed by atoms with Crippen LogP contribution >= 0.6 is 0 Å². The SMILES string of the molecule is Cc1ccccc1C.Cc1ccccc1C.O=C(O)C(O)C(O)C(=O)O. The van der Waals surface area contributed by atoms with Crippen LogP contribution in [0.4, 0.5) is 0 Å². The first-order valence-electron chi connectivity index (χ1n) is 7.94. The van der Waals surface area contributed by atoms with E-state index >= 15 is 0 Å². The zero-order chi connectivity index (χ0) is 20.3. The van der Waals surface area contributed by atoms with Crippen molar-refractivity contribution >= 4 is 11.9 Å². The number of aliphatic carboxylic acids is 2. The molecule has 26 heavy (non-hydrogen) atoms. The highest BCUT2D eigenvalue weighted by Crippen LogP contribution is 2.03. The number of carboxylic acid groups (broad SMARTS) is 2. The van der Waals surface area contributed by atoms with Crippen LogP contribution in [0.3, 0.4) is 0 Å². The number of hydrogen-bond donors (Lipinski definition) is 4. The first kappa shape index (κ1) is 23.3. The average molecular weight is 362 g/mol. The Kier molecular flexibility index (Phi) is 10.6. The van der Waals surface area contributed by atoms with Crippen molar-refractivity contribution in [2.45, 2.75) is 39.9 Å². The molecule has 0 saturated carbocycles. The van der Waals surface area contributed by atoms with Crippen LogP contribution in [0.1, 0.15) is 22.3 Å². The van der Waals surface area contributed by atoms with Crippen molar-refractivity contribution in [1.29, 1.82) is 0 Å². The number of benzene rings is 2. The molecule has 2 aromatic rings. The number of carbonyl (C=O) groups is 2. The second kappa shape index (κ2) is 11.8. The Morgan fingerprint density at radius 1 is 0.615 bits per heavy atom. The van der Waals surface area contributed by atoms with Crippen molar-refractivity contribution in [1.82, 2.24) is 0 Å². The Balaban J connectivity index is 0.000000363. The van der Waals surface area contributed by atoms with Gasteiger partial charge in [-0.15, -0.1) is 0 Å². The lowest BCUT2D eigenvalue weighted by atomic mass is 10.1. The van der Waals surface area contributed by atoms with Gasteiger partial charge in [-0.2, -0.15) is 0 Å². The molecule has 0 bridgehead atoms. The number of aliphatic hydroxyl groups is 2. The van der Waals surface area contributed by atoms with E-state index in [2.05, 4.69) is 76.2 Å². The molecule has 0 saturated heterocycles. The van der Waals surface area contributed by atoms with Crippen LogP contribution in [-0.4, -0.2) is 44.6 Å². The summed E-state index contributed by atoms with van der Waals surface area (Å²) in [7, 11) is 0. The summed E-state index contributed by atoms with van der Waals surface area (Å²) in [6.45, 7) is 8.48. The average Bonchev–Trinajstić information content (AvgIpc) is 2.60. The largest absolute Gasteiger partial charge is 0.479 e. The van der Waals surface area contributed by atoms with Crippen molar-refractivity contribution < 1.29 is 30.0 Å². The van der Waals surface area contributed by atoms with Gasteiger partial charge in [-0.1, -0.05) is 48.5 Å². The normalized spacial score (nSPS) is 11.8. The number of aryl methyl sites for hydroxylation is 4. The maximum absolute atomic E-state index is 9.77. The molecule has 0 fully saturated rings. The van der Waals surface area contributed by atoms with E-state index in [1.54, 1.807) is 0 Å². The molecular weight excluding hydrogens is 336 g/mol. The number of carboxylic acids is 2. The van der Waals surface area contributed by atoms with Crippen molar-refractivity contribution in [2.24, 2.45) is 0 Å². The molecule has 6 heteroatoms. The summed E-state index contributed by atoms with van der Waals surface area (Å²) >= 11 is 0. The van der Waals surface area contributed by atoms with Gasteiger partial charge in [0.05, 0.1) is 0 Å². The van der Waals surface area contributed by atoms with Crippen molar-refractivity contribution in [2.75, 3.05) is 0 Å². The third-order valence-corrected chi connectivity index (χ3v) is 3.66. The predicted octanol–water partition coefficient (Wildman–Crippen LogP) is 2.48. The molecular formula is C20H26O6. The predicted molar refractivity (Wildman–Crippen MR) is 99.1 cm³/mol. The minimum absolute atomic E-state index is 1.37. The van der Waals surface area contributed by atoms with E-state index in [1.807, 2.05) is 0 Å². The van der Waals surface area contributed by atoms with Gasteiger partial charge in [-0.25, -0.2) is 9.59 Å². The summed E-state index contributed by atoms with van der Waals surface area (Å²) in [6.07, 6.45) is -4.53. The standard InChI is InChI=1S/2C8H10.C4H6O6/c2*1-7-5-3-4-6-8(7)2;5-1(3(7)8)2(6)4(9)10/h2*3-6H,1-2H3;1-2,5-6H,(H,7,8)(H,9,10). The van der Waals surface area contributed by atoms with Crippen LogP contribution in [-0.2, 0) is 9.59 Å². The van der Waals surface area contributed by atoms with Crippen molar-refractivity contribution in [3.63, 3.8) is 0 Å². The van der Waals surface area contributed by atoms with Gasteiger partial charge < -0.3 is 20.4 Å². The fraction of sp³-hybridized carbons (Fsp3) is 0.300. The molecule has 6 nitrogen and oxygen atoms in total. The number of hydrogen-bond acceptors (Lipinski definition) is 4. The third kappa shape index (κ3) is 8.96. The van der Waals surface area contributed by atoms with Crippen LogP contribution in [0.5, 0.6) is 0 Å². The molecule has 0 heterocycles. The molecule has 0 amide bonds. The maximum atomic E-state index is 9.77. The zero-order valence-electron chi connectivity index (χ0n) is 15.4. The second-order valence-corrected chi connectivity index (χ2v) is 5.73. The molecule has 142 valence electrons. The molecule has 0 spiro atoms. The van der Waals surface area contributed by atoms with Gasteiger partial charge in [0.1, 0.15) is 0 Å². The van der Waals surface area contributed by atoms with Gasteiger partial charge in [0.15, 0.2) is 12.2 Å². The monoisotopic (exact) mass is 362 g/mol. The summed E-state index contributed by atoms with van der Waals surface area (Å²) < 4.78 is 0. The summed E-state index contributed by atoms with van der Waals surface area (Å²) in [5, 5.41) is 32.5. The lowest BCUT2D eigenvalue weighted by Crippen LogP contribution is -2.39. The summed E-state index contributed by atoms with van der Waals surface area (Å²) in [5.74, 6) is -3.54. The summed E-state index contributed by atoms with van der Waals surface area (Å²) in [4.78, 5) is 19.5. The Bertz CT molecular complexity index is 607. The molecule has 0 aliphatic heterocycles. The molecule has 0 aliphatic carbocycles. The Hall–Kier alpha value is -2.70. The quantitative estimate of drug-likeness (QED) is 0.667. The van der Waals surface area contributed by atoms with E-state index in [0.717, 1.165) is 0 Å². The lowest BCUT2D eigenvalue weighted by molar-refractivity contribution is -0.165. The summed E-state index contributed by atoms with van der Waals surface area (Å²) in [6, 6.07) is 16.7. The summed E-state index contributed by atoms with van der Waals surface area (Å²) in [5.41, 5.74) is 5.47. The highest BCUT2D eigenvalue weighted by Gasteiger charge is 2.29. The minimum Gasteiger partial charge on any atom is -0.479 e. The molecule has 2 unspecified atom stereocenters. The van der Waals surface area contributed by atoms with Crippen LogP contribution in [0.15, 0.2) is 48.5 Å². The molecule has 2 rings (SSSR count). The van der Waals surface area contributed by atoms with Crippen LogP contribution < -0.4 is 0 Å². The van der Waals surface area contributed by atoms with E-state index in [0.29, 0.717) is 0 Å². The number of rotatable bonds is 3. The Morgan fingerprint density at radius 3 is 0.923 bits per heavy atom. The highest BCUT2D eigenvalue weighted by molar-refractivity contribution is 5.83. The minimum atomic E-state index is -2.27. The molecule has 0 aromatic heterocycles. The first-order valence-corrected chi connectivity index (χ1v) is 7.94. The number of aliphatic hydroxyl groups excluding tert-OH is 2. The molecule has 4 N–H and O–H groups in total. The fourth-order valence-corrected chi connectivity index (χ4v) is 1.60. The first-order chi connectivity index (χ1) is 12.1. The maximum Gasteiger partial charge on any atom is 0.335 e. The van der Waals surface area contributed by atoms with Gasteiger partial charge in [-0.05, 0) is 49.9 Å². The van der Waals surface area contributed by atoms with E-state index in [4.69, 9.17) is 20.4 Å². The third-order valence-electron chi connectivity index (χ3n) is 3.66. The van der Waals surface area contributed by atoms with E-state index in [9.17, 15) is 9.59 Å². The van der Waals surface area contributed by atoms with E-state index in [1.165, 1.54) is 22.3 Å². The Labute approximate surface area is 153 Å². The van der Waals surface area contributed by atoms with E-state index < -0.39 is 24.1 Å². The van der Waals surface area contributed by atoms with Gasteiger partial charge in [-0.3, -0.25) is 0 Å². The van der Waals surface area contributed by atoms with Gasteiger partial charge in [0.25, 0.3) is 0 Å². The zero-order valence-corrected chi connectivity index (χ0v) is 15.4. The smallest absolute Gasteiger partial charge is 0.335 e. The van der Waals surface area contributed by atoms with Crippen LogP contribution in [0, 0.1) is 27.7 Å². The van der Waals surface area contributed by atoms with Crippen molar-refractivity contribution in [3.8, 4) is 0 Å². The Morgan fingerprint density at radius 2 is 0.808 bits per heavy atom. The molecule has 0 radical (unpaired) electrons. The van der Waals surface area contributed by atoms with Crippen molar-refractivity contribution in [3.05, 3.63) is 70.8 Å². The molecule has 0 aliphatic rings. The van der Waals surface area contributed by atoms with E-state index in [-0.39, 0.29) is 0 Å². The van der Waals surface area contributed by atoms with Gasteiger partial charge in [0.2, 0.25) is 0 Å². The van der Waals surface area contributed by atoms with Gasteiger partial charge in [0, 0.05) is 0 Å². The lowest BCUT2D eigenvalue weighted by Gasteiger charge is -2.07. The van der Waals surface area contributed by atoms with Crippen LogP contribution in [0.2, 0.25) is 0 Å². The topological polar surface area (TPSA) is 115 Å². The fourth-order valence-electron chi connectivity index (χ4n) is 1.60. The molecule has 2 atom stereocenters. The highest BCUT2D eigenvalue weighted by atomic mass is 16.4. The van der Waals surface area contributed by atoms with Crippen LogP contribution in [0.25, 0.3) is 0 Å². The van der Waals surface area contributed by atoms with Gasteiger partial charge >= 0.3 is 11.9 Å². The second-order valence-electron chi connectivity index (χ2n) is 5.73. The molecule has 2 aromatic carbocycles.